The maximum Gasteiger partial charge on any atom is 0.185 e. The minimum atomic E-state index is 0.0706. The van der Waals surface area contributed by atoms with E-state index in [0.29, 0.717) is 20.9 Å². The summed E-state index contributed by atoms with van der Waals surface area (Å²) in [6, 6.07) is 7.31. The van der Waals surface area contributed by atoms with E-state index in [1.807, 2.05) is 36.4 Å². The molecule has 0 spiro atoms. The van der Waals surface area contributed by atoms with Crippen LogP contribution >= 0.6 is 31.9 Å². The molecule has 1 fully saturated rings. The summed E-state index contributed by atoms with van der Waals surface area (Å²) in [7, 11) is 0. The van der Waals surface area contributed by atoms with Crippen molar-refractivity contribution in [2.45, 2.75) is 19.3 Å². The second-order valence-electron chi connectivity index (χ2n) is 4.81. The van der Waals surface area contributed by atoms with Gasteiger partial charge in [-0.1, -0.05) is 0 Å². The molecule has 0 aliphatic heterocycles. The Morgan fingerprint density at radius 1 is 0.857 bits per heavy atom. The van der Waals surface area contributed by atoms with Crippen LogP contribution in [0.4, 0.5) is 0 Å². The smallest absolute Gasteiger partial charge is 0.185 e. The number of furan rings is 2. The van der Waals surface area contributed by atoms with Gasteiger partial charge in [-0.3, -0.25) is 4.79 Å². The zero-order valence-corrected chi connectivity index (χ0v) is 14.2. The largest absolute Gasteiger partial charge is 0.450 e. The minimum absolute atomic E-state index is 0.0706. The zero-order valence-electron chi connectivity index (χ0n) is 11.1. The molecule has 108 valence electrons. The van der Waals surface area contributed by atoms with Crippen molar-refractivity contribution in [1.82, 2.24) is 0 Å². The highest BCUT2D eigenvalue weighted by Crippen LogP contribution is 2.29. The fourth-order valence-electron chi connectivity index (χ4n) is 2.33. The number of hydrogen-bond acceptors (Lipinski definition) is 3. The molecule has 0 aromatic carbocycles. The normalized spacial score (nSPS) is 19.6. The first-order chi connectivity index (χ1) is 10.1. The van der Waals surface area contributed by atoms with Gasteiger partial charge in [-0.2, -0.15) is 0 Å². The fourth-order valence-corrected chi connectivity index (χ4v) is 2.97. The summed E-state index contributed by atoms with van der Waals surface area (Å²) in [5.74, 6) is 1.45. The maximum absolute atomic E-state index is 12.5. The third-order valence-corrected chi connectivity index (χ3v) is 4.15. The lowest BCUT2D eigenvalue weighted by atomic mass is 9.88. The first-order valence-corrected chi connectivity index (χ1v) is 8.17. The van der Waals surface area contributed by atoms with E-state index in [1.54, 1.807) is 0 Å². The molecule has 1 aliphatic carbocycles. The molecule has 0 atom stereocenters. The lowest BCUT2D eigenvalue weighted by molar-refractivity contribution is -0.112. The molecule has 3 nitrogen and oxygen atoms in total. The number of halogens is 2. The van der Waals surface area contributed by atoms with E-state index in [1.165, 1.54) is 0 Å². The molecular weight excluding hydrogens is 400 g/mol. The first kappa shape index (κ1) is 14.6. The Bertz CT molecular complexity index is 674. The van der Waals surface area contributed by atoms with Crippen LogP contribution in [0.25, 0.3) is 12.2 Å². The van der Waals surface area contributed by atoms with Crippen LogP contribution < -0.4 is 0 Å². The van der Waals surface area contributed by atoms with Gasteiger partial charge in [0.25, 0.3) is 0 Å². The summed E-state index contributed by atoms with van der Waals surface area (Å²) in [5.41, 5.74) is 1.56. The lowest BCUT2D eigenvalue weighted by Crippen LogP contribution is -2.12. The highest BCUT2D eigenvalue weighted by Gasteiger charge is 2.21. The second-order valence-corrected chi connectivity index (χ2v) is 6.37. The van der Waals surface area contributed by atoms with Gasteiger partial charge in [-0.05, 0) is 87.5 Å². The van der Waals surface area contributed by atoms with Crippen LogP contribution in [0, 0.1) is 0 Å². The van der Waals surface area contributed by atoms with E-state index in [-0.39, 0.29) is 5.78 Å². The van der Waals surface area contributed by atoms with Crippen LogP contribution in [0.5, 0.6) is 0 Å². The Balaban J connectivity index is 1.87. The molecule has 0 amide bonds. The molecule has 1 saturated carbocycles. The molecule has 1 aliphatic rings. The number of ketones is 1. The number of hydrogen-bond donors (Lipinski definition) is 0. The summed E-state index contributed by atoms with van der Waals surface area (Å²) in [5, 5.41) is 0. The molecule has 0 saturated heterocycles. The molecule has 3 rings (SSSR count). The van der Waals surface area contributed by atoms with Crippen LogP contribution in [0.2, 0.25) is 0 Å². The molecule has 0 bridgehead atoms. The predicted molar refractivity (Wildman–Crippen MR) is 87.6 cm³/mol. The van der Waals surface area contributed by atoms with E-state index >= 15 is 0 Å². The van der Waals surface area contributed by atoms with Crippen LogP contribution in [0.15, 0.2) is 53.6 Å². The Morgan fingerprint density at radius 2 is 1.33 bits per heavy atom. The predicted octanol–water partition coefficient (Wildman–Crippen LogP) is 5.62. The Labute approximate surface area is 139 Å². The van der Waals surface area contributed by atoms with Gasteiger partial charge in [0.2, 0.25) is 0 Å². The van der Waals surface area contributed by atoms with E-state index < -0.39 is 0 Å². The van der Waals surface area contributed by atoms with E-state index in [9.17, 15) is 4.79 Å². The topological polar surface area (TPSA) is 43.4 Å². The molecule has 0 radical (unpaired) electrons. The zero-order chi connectivity index (χ0) is 14.8. The molecule has 5 heteroatoms. The highest BCUT2D eigenvalue weighted by molar-refractivity contribution is 9.10. The molecular formula is C16H12Br2O3. The average molecular weight is 412 g/mol. The van der Waals surface area contributed by atoms with Gasteiger partial charge in [0, 0.05) is 11.1 Å². The van der Waals surface area contributed by atoms with E-state index in [0.717, 1.165) is 30.4 Å². The van der Waals surface area contributed by atoms with Gasteiger partial charge in [0.1, 0.15) is 11.5 Å². The number of carbonyl (C=O) groups is 1. The number of Topliss-reactive ketones (excluding diaryl/α,β-unsaturated/α-hetero) is 1. The van der Waals surface area contributed by atoms with Crippen molar-refractivity contribution >= 4 is 49.8 Å². The molecule has 0 unspecified atom stereocenters. The molecule has 2 aromatic rings. The van der Waals surface area contributed by atoms with Gasteiger partial charge in [0.05, 0.1) is 0 Å². The third kappa shape index (κ3) is 3.47. The van der Waals surface area contributed by atoms with Crippen LogP contribution in [0.3, 0.4) is 0 Å². The van der Waals surface area contributed by atoms with Gasteiger partial charge in [-0.25, -0.2) is 0 Å². The Hall–Kier alpha value is -1.33. The summed E-state index contributed by atoms with van der Waals surface area (Å²) in [6.07, 6.45) is 6.14. The number of allylic oxidation sites excluding steroid dienone is 2. The van der Waals surface area contributed by atoms with Gasteiger partial charge in [0.15, 0.2) is 15.1 Å². The summed E-state index contributed by atoms with van der Waals surface area (Å²) in [6.45, 7) is 0. The van der Waals surface area contributed by atoms with Gasteiger partial charge < -0.3 is 8.83 Å². The van der Waals surface area contributed by atoms with Crippen molar-refractivity contribution in [3.05, 3.63) is 56.3 Å². The third-order valence-electron chi connectivity index (χ3n) is 3.30. The first-order valence-electron chi connectivity index (χ1n) is 6.58. The summed E-state index contributed by atoms with van der Waals surface area (Å²) < 4.78 is 12.2. The van der Waals surface area contributed by atoms with Crippen LogP contribution in [-0.2, 0) is 4.79 Å². The van der Waals surface area contributed by atoms with Crippen LogP contribution in [-0.4, -0.2) is 5.78 Å². The quantitative estimate of drug-likeness (QED) is 0.602. The monoisotopic (exact) mass is 410 g/mol. The van der Waals surface area contributed by atoms with Crippen molar-refractivity contribution in [2.75, 3.05) is 0 Å². The standard InChI is InChI=1S/C16H12Br2O3/c17-14-6-4-12(20-14)8-10-2-1-3-11(16(10)19)9-13-5-7-15(18)21-13/h4-9H,1-3H2/b10-8-,11-9+. The summed E-state index contributed by atoms with van der Waals surface area (Å²) in [4.78, 5) is 12.5. The molecule has 2 heterocycles. The average Bonchev–Trinajstić information content (AvgIpc) is 3.03. The fraction of sp³-hybridized carbons (Fsp3) is 0.188. The van der Waals surface area contributed by atoms with Crippen molar-refractivity contribution < 1.29 is 13.6 Å². The van der Waals surface area contributed by atoms with Crippen LogP contribution in [0.1, 0.15) is 30.8 Å². The Morgan fingerprint density at radius 3 is 1.71 bits per heavy atom. The maximum atomic E-state index is 12.5. The minimum Gasteiger partial charge on any atom is -0.450 e. The highest BCUT2D eigenvalue weighted by atomic mass is 79.9. The number of rotatable bonds is 2. The molecule has 0 N–H and O–H groups in total. The van der Waals surface area contributed by atoms with Crippen molar-refractivity contribution in [2.24, 2.45) is 0 Å². The number of carbonyl (C=O) groups excluding carboxylic acids is 1. The van der Waals surface area contributed by atoms with Gasteiger partial charge in [-0.15, -0.1) is 0 Å². The van der Waals surface area contributed by atoms with Crippen molar-refractivity contribution in [1.29, 1.82) is 0 Å². The SMILES string of the molecule is O=C1/C(=C\c2ccc(Br)o2)CCC/C1=C\c1ccc(Br)o1. The second kappa shape index (κ2) is 6.20. The molecule has 21 heavy (non-hydrogen) atoms. The Kier molecular flexibility index (Phi) is 4.31. The lowest BCUT2D eigenvalue weighted by Gasteiger charge is -2.15. The van der Waals surface area contributed by atoms with Crippen molar-refractivity contribution in [3.63, 3.8) is 0 Å². The van der Waals surface area contributed by atoms with E-state index in [4.69, 9.17) is 8.83 Å². The van der Waals surface area contributed by atoms with Gasteiger partial charge >= 0.3 is 0 Å². The van der Waals surface area contributed by atoms with E-state index in [2.05, 4.69) is 31.9 Å². The van der Waals surface area contributed by atoms with Crippen molar-refractivity contribution in [3.8, 4) is 0 Å². The summed E-state index contributed by atoms with van der Waals surface area (Å²) >= 11 is 6.52. The molecule has 2 aromatic heterocycles.